The Hall–Kier alpha value is -3.54. The van der Waals surface area contributed by atoms with E-state index in [9.17, 15) is 15.1 Å². The second-order valence-corrected chi connectivity index (χ2v) is 7.04. The van der Waals surface area contributed by atoms with Gasteiger partial charge in [-0.05, 0) is 47.7 Å². The van der Waals surface area contributed by atoms with Gasteiger partial charge in [0.05, 0.1) is 13.0 Å². The molecule has 6 heteroatoms. The molecule has 1 unspecified atom stereocenters. The molecule has 0 saturated heterocycles. The monoisotopic (exact) mass is 406 g/mol. The first kappa shape index (κ1) is 21.2. The van der Waals surface area contributed by atoms with Crippen LogP contribution < -0.4 is 10.2 Å². The molecule has 2 N–H and O–H groups in total. The third-order valence-corrected chi connectivity index (χ3v) is 4.76. The predicted molar refractivity (Wildman–Crippen MR) is 114 cm³/mol. The average Bonchev–Trinajstić information content (AvgIpc) is 2.76. The standard InChI is InChI=1S/C24H26N2O4/c27-24(28)18-21(20-7-2-1-3-8-20)17-19-10-12-22(13-11-19)30-16-6-14-25-23-9-4-5-15-26(23)29/h1-5,7-13,15,21,29H,6,14,16-18H2,(H,27,28). The van der Waals surface area contributed by atoms with Gasteiger partial charge < -0.3 is 15.1 Å². The molecule has 0 aliphatic heterocycles. The van der Waals surface area contributed by atoms with Crippen molar-refractivity contribution in [1.82, 2.24) is 4.73 Å². The third kappa shape index (κ3) is 6.51. The average molecular weight is 406 g/mol. The fourth-order valence-corrected chi connectivity index (χ4v) is 3.25. The minimum atomic E-state index is -0.795. The minimum Gasteiger partial charge on any atom is -0.494 e. The number of aliphatic carboxylic acids is 1. The number of carboxylic acids is 1. The van der Waals surface area contributed by atoms with Crippen LogP contribution >= 0.6 is 0 Å². The molecule has 156 valence electrons. The zero-order valence-corrected chi connectivity index (χ0v) is 16.7. The number of carboxylic acid groups (broad SMARTS) is 1. The van der Waals surface area contributed by atoms with Crippen LogP contribution in [-0.2, 0) is 11.2 Å². The van der Waals surface area contributed by atoms with Gasteiger partial charge in [-0.15, -0.1) is 0 Å². The maximum absolute atomic E-state index is 11.3. The molecule has 3 rings (SSSR count). The molecule has 1 atom stereocenters. The van der Waals surface area contributed by atoms with Gasteiger partial charge in [-0.3, -0.25) is 9.79 Å². The van der Waals surface area contributed by atoms with Crippen molar-refractivity contribution in [1.29, 1.82) is 0 Å². The highest BCUT2D eigenvalue weighted by Gasteiger charge is 2.16. The number of pyridine rings is 1. The molecule has 30 heavy (non-hydrogen) atoms. The summed E-state index contributed by atoms with van der Waals surface area (Å²) in [5.41, 5.74) is 2.62. The van der Waals surface area contributed by atoms with Gasteiger partial charge in [0, 0.05) is 19.2 Å². The van der Waals surface area contributed by atoms with Crippen molar-refractivity contribution in [3.63, 3.8) is 0 Å². The largest absolute Gasteiger partial charge is 0.494 e. The Kier molecular flexibility index (Phi) is 7.66. The molecule has 0 bridgehead atoms. The van der Waals surface area contributed by atoms with Crippen LogP contribution in [0, 0.1) is 0 Å². The van der Waals surface area contributed by atoms with Crippen LogP contribution in [0.25, 0.3) is 0 Å². The van der Waals surface area contributed by atoms with E-state index in [0.29, 0.717) is 25.1 Å². The van der Waals surface area contributed by atoms with E-state index >= 15 is 0 Å². The van der Waals surface area contributed by atoms with Crippen molar-refractivity contribution in [3.05, 3.63) is 95.6 Å². The van der Waals surface area contributed by atoms with Crippen molar-refractivity contribution >= 4 is 5.97 Å². The van der Waals surface area contributed by atoms with Gasteiger partial charge in [-0.25, -0.2) is 0 Å². The number of aromatic nitrogens is 1. The summed E-state index contributed by atoms with van der Waals surface area (Å²) in [5.74, 6) is -0.0917. The summed E-state index contributed by atoms with van der Waals surface area (Å²) in [7, 11) is 0. The summed E-state index contributed by atoms with van der Waals surface area (Å²) in [6, 6.07) is 22.8. The highest BCUT2D eigenvalue weighted by molar-refractivity contribution is 5.68. The molecule has 3 aromatic rings. The van der Waals surface area contributed by atoms with Crippen LogP contribution in [0.2, 0.25) is 0 Å². The number of hydrogen-bond acceptors (Lipinski definition) is 4. The predicted octanol–water partition coefficient (Wildman–Crippen LogP) is 3.90. The fourth-order valence-electron chi connectivity index (χ4n) is 3.25. The van der Waals surface area contributed by atoms with Gasteiger partial charge >= 0.3 is 5.97 Å². The van der Waals surface area contributed by atoms with Crippen LogP contribution in [0.15, 0.2) is 84.0 Å². The summed E-state index contributed by atoms with van der Waals surface area (Å²) >= 11 is 0. The Bertz CT molecular complexity index is 997. The second-order valence-electron chi connectivity index (χ2n) is 7.04. The number of benzene rings is 2. The summed E-state index contributed by atoms with van der Waals surface area (Å²) in [5, 5.41) is 18.9. The smallest absolute Gasteiger partial charge is 0.303 e. The van der Waals surface area contributed by atoms with Crippen molar-refractivity contribution in [2.75, 3.05) is 13.2 Å². The van der Waals surface area contributed by atoms with Crippen LogP contribution in [-0.4, -0.2) is 34.2 Å². The highest BCUT2D eigenvalue weighted by atomic mass is 16.5. The lowest BCUT2D eigenvalue weighted by Gasteiger charge is -2.16. The first-order chi connectivity index (χ1) is 14.6. The Morgan fingerprint density at radius 1 is 1.00 bits per heavy atom. The quantitative estimate of drug-likeness (QED) is 0.395. The van der Waals surface area contributed by atoms with Crippen molar-refractivity contribution in [2.45, 2.75) is 25.2 Å². The number of hydrogen-bond donors (Lipinski definition) is 2. The summed E-state index contributed by atoms with van der Waals surface area (Å²) in [6.45, 7) is 1.07. The highest BCUT2D eigenvalue weighted by Crippen LogP contribution is 2.25. The Morgan fingerprint density at radius 2 is 1.73 bits per heavy atom. The molecular formula is C24H26N2O4. The Labute approximate surface area is 175 Å². The molecule has 0 aliphatic rings. The third-order valence-electron chi connectivity index (χ3n) is 4.76. The van der Waals surface area contributed by atoms with E-state index in [0.717, 1.165) is 28.0 Å². The molecule has 0 fully saturated rings. The number of rotatable bonds is 10. The molecule has 0 saturated carbocycles. The minimum absolute atomic E-state index is 0.0654. The number of carbonyl (C=O) groups is 1. The van der Waals surface area contributed by atoms with Gasteiger partial charge in [-0.2, -0.15) is 4.73 Å². The molecule has 1 heterocycles. The van der Waals surface area contributed by atoms with Gasteiger partial charge in [0.15, 0.2) is 5.49 Å². The van der Waals surface area contributed by atoms with Crippen LogP contribution in [0.4, 0.5) is 0 Å². The van der Waals surface area contributed by atoms with Crippen LogP contribution in [0.5, 0.6) is 5.75 Å². The van der Waals surface area contributed by atoms with Crippen molar-refractivity contribution in [2.24, 2.45) is 4.99 Å². The van der Waals surface area contributed by atoms with Gasteiger partial charge in [-0.1, -0.05) is 48.5 Å². The normalized spacial score (nSPS) is 12.5. The summed E-state index contributed by atoms with van der Waals surface area (Å²) < 4.78 is 6.75. The lowest BCUT2D eigenvalue weighted by molar-refractivity contribution is -0.137. The van der Waals surface area contributed by atoms with Gasteiger partial charge in [0.25, 0.3) is 0 Å². The lowest BCUT2D eigenvalue weighted by atomic mass is 9.89. The maximum Gasteiger partial charge on any atom is 0.303 e. The maximum atomic E-state index is 11.3. The zero-order chi connectivity index (χ0) is 21.2. The Morgan fingerprint density at radius 3 is 2.43 bits per heavy atom. The molecule has 2 aromatic carbocycles. The van der Waals surface area contributed by atoms with E-state index in [2.05, 4.69) is 4.99 Å². The lowest BCUT2D eigenvalue weighted by Crippen LogP contribution is -2.17. The van der Waals surface area contributed by atoms with E-state index in [1.807, 2.05) is 60.7 Å². The van der Waals surface area contributed by atoms with Crippen molar-refractivity contribution < 1.29 is 19.8 Å². The second kappa shape index (κ2) is 10.9. The molecule has 1 aromatic heterocycles. The van der Waals surface area contributed by atoms with Crippen LogP contribution in [0.1, 0.15) is 29.9 Å². The van der Waals surface area contributed by atoms with E-state index < -0.39 is 5.97 Å². The van der Waals surface area contributed by atoms with Gasteiger partial charge in [0.2, 0.25) is 0 Å². The summed E-state index contributed by atoms with van der Waals surface area (Å²) in [6.07, 6.45) is 3.02. The van der Waals surface area contributed by atoms with E-state index in [4.69, 9.17) is 4.74 Å². The molecular weight excluding hydrogens is 380 g/mol. The molecule has 0 aliphatic carbocycles. The Balaban J connectivity index is 1.51. The molecule has 0 spiro atoms. The number of nitrogens with zero attached hydrogens (tertiary/aromatic N) is 2. The summed E-state index contributed by atoms with van der Waals surface area (Å²) in [4.78, 5) is 15.6. The first-order valence-electron chi connectivity index (χ1n) is 9.98. The SMILES string of the molecule is O=C(O)CC(Cc1ccc(OCCCN=c2ccccn2O)cc1)c1ccccc1. The number of ether oxygens (including phenoxy) is 1. The topological polar surface area (TPSA) is 84.0 Å². The fraction of sp³-hybridized carbons (Fsp3) is 0.250. The van der Waals surface area contributed by atoms with Gasteiger partial charge in [0.1, 0.15) is 5.75 Å². The molecule has 0 amide bonds. The zero-order valence-electron chi connectivity index (χ0n) is 16.7. The van der Waals surface area contributed by atoms with Crippen molar-refractivity contribution in [3.8, 4) is 5.75 Å². The first-order valence-corrected chi connectivity index (χ1v) is 9.98. The van der Waals surface area contributed by atoms with Crippen LogP contribution in [0.3, 0.4) is 0 Å². The van der Waals surface area contributed by atoms with E-state index in [1.165, 1.54) is 6.20 Å². The molecule has 0 radical (unpaired) electrons. The van der Waals surface area contributed by atoms with E-state index in [1.54, 1.807) is 12.1 Å². The molecule has 6 nitrogen and oxygen atoms in total. The van der Waals surface area contributed by atoms with E-state index in [-0.39, 0.29) is 12.3 Å².